The fraction of sp³-hybridized carbons (Fsp3) is 0.474. The third-order valence-electron chi connectivity index (χ3n) is 5.44. The number of hydrogen-bond donors (Lipinski definition) is 1. The Morgan fingerprint density at radius 1 is 1.23 bits per heavy atom. The van der Waals surface area contributed by atoms with Crippen LogP contribution in [0, 0.1) is 11.6 Å². The average molecular weight is 567 g/mol. The van der Waals surface area contributed by atoms with E-state index >= 15 is 0 Å². The summed E-state index contributed by atoms with van der Waals surface area (Å²) in [5.41, 5.74) is 0.476. The van der Waals surface area contributed by atoms with E-state index < -0.39 is 21.7 Å². The van der Waals surface area contributed by atoms with Crippen molar-refractivity contribution in [2.75, 3.05) is 33.2 Å². The maximum atomic E-state index is 14.0. The molecule has 1 N–H and O–H groups in total. The van der Waals surface area contributed by atoms with Crippen LogP contribution in [0.25, 0.3) is 0 Å². The van der Waals surface area contributed by atoms with Gasteiger partial charge in [-0.05, 0) is 18.6 Å². The molecule has 12 heteroatoms. The minimum absolute atomic E-state index is 0. The molecule has 1 aromatic carbocycles. The molecule has 2 heterocycles. The van der Waals surface area contributed by atoms with Gasteiger partial charge < -0.3 is 14.7 Å². The van der Waals surface area contributed by atoms with E-state index in [0.29, 0.717) is 44.3 Å². The van der Waals surface area contributed by atoms with Crippen LogP contribution in [-0.2, 0) is 15.8 Å². The Kier molecular flexibility index (Phi) is 7.52. The second-order valence-electron chi connectivity index (χ2n) is 7.41. The number of piperazine rings is 1. The zero-order valence-corrected chi connectivity index (χ0v) is 20.0. The van der Waals surface area contributed by atoms with Crippen LogP contribution in [0.3, 0.4) is 0 Å². The summed E-state index contributed by atoms with van der Waals surface area (Å²) in [5, 5.41) is 6.92. The van der Waals surface area contributed by atoms with E-state index in [1.165, 1.54) is 34.8 Å². The number of aliphatic imine (C=N–C) groups is 1. The van der Waals surface area contributed by atoms with Crippen molar-refractivity contribution >= 4 is 40.0 Å². The van der Waals surface area contributed by atoms with E-state index in [-0.39, 0.29) is 47.3 Å². The maximum Gasteiger partial charge on any atom is 0.220 e. The molecule has 2 aromatic rings. The van der Waals surface area contributed by atoms with Crippen LogP contribution < -0.4 is 5.32 Å². The van der Waals surface area contributed by atoms with Crippen LogP contribution in [0.5, 0.6) is 0 Å². The molecule has 2 aliphatic rings. The fourth-order valence-electron chi connectivity index (χ4n) is 3.77. The first-order chi connectivity index (χ1) is 14.4. The third-order valence-corrected chi connectivity index (χ3v) is 7.25. The molecule has 1 aliphatic carbocycles. The number of hydrogen-bond acceptors (Lipinski definition) is 5. The quantitative estimate of drug-likeness (QED) is 0.339. The maximum absolute atomic E-state index is 14.0. The molecule has 2 fully saturated rings. The molecule has 0 spiro atoms. The lowest BCUT2D eigenvalue weighted by Crippen LogP contribution is -2.54. The van der Waals surface area contributed by atoms with Crippen molar-refractivity contribution in [3.8, 4) is 0 Å². The summed E-state index contributed by atoms with van der Waals surface area (Å²) in [6.45, 7) is 1.56. The van der Waals surface area contributed by atoms with Crippen molar-refractivity contribution in [3.05, 3.63) is 53.4 Å². The fourth-order valence-corrected chi connectivity index (χ4v) is 5.19. The summed E-state index contributed by atoms with van der Waals surface area (Å²) in [7, 11) is -1.85. The van der Waals surface area contributed by atoms with Gasteiger partial charge in [0, 0.05) is 56.8 Å². The molecule has 1 saturated heterocycles. The number of rotatable bonds is 5. The lowest BCUT2D eigenvalue weighted by molar-refractivity contribution is 0.259. The van der Waals surface area contributed by atoms with Crippen LogP contribution in [0.4, 0.5) is 8.78 Å². The molecule has 4 rings (SSSR count). The summed E-state index contributed by atoms with van der Waals surface area (Å²) in [5.74, 6) is -0.913. The highest BCUT2D eigenvalue weighted by Gasteiger charge is 2.43. The Hall–Kier alpha value is -1.80. The number of aromatic nitrogens is 1. The van der Waals surface area contributed by atoms with Crippen LogP contribution in [0.15, 0.2) is 40.0 Å². The van der Waals surface area contributed by atoms with Gasteiger partial charge in [0.05, 0.1) is 5.69 Å². The largest absolute Gasteiger partial charge is 0.364 e. The molecule has 0 radical (unpaired) electrons. The topological polar surface area (TPSA) is 91.0 Å². The number of benzene rings is 1. The molecule has 31 heavy (non-hydrogen) atoms. The smallest absolute Gasteiger partial charge is 0.220 e. The van der Waals surface area contributed by atoms with Gasteiger partial charge in [0.2, 0.25) is 10.0 Å². The molecule has 1 aromatic heterocycles. The molecule has 0 bridgehead atoms. The van der Waals surface area contributed by atoms with Crippen LogP contribution in [-0.4, -0.2) is 68.0 Å². The summed E-state index contributed by atoms with van der Waals surface area (Å²) in [6, 6.07) is 5.31. The summed E-state index contributed by atoms with van der Waals surface area (Å²) in [6.07, 6.45) is 1.96. The van der Waals surface area contributed by atoms with Gasteiger partial charge in [-0.2, -0.15) is 4.31 Å². The van der Waals surface area contributed by atoms with Gasteiger partial charge in [0.25, 0.3) is 0 Å². The Labute approximate surface area is 196 Å². The molecule has 1 saturated carbocycles. The predicted octanol–water partition coefficient (Wildman–Crippen LogP) is 2.15. The molecule has 2 unspecified atom stereocenters. The molecule has 2 atom stereocenters. The molecule has 1 aliphatic heterocycles. The lowest BCUT2D eigenvalue weighted by Gasteiger charge is -2.35. The van der Waals surface area contributed by atoms with E-state index in [0.717, 1.165) is 0 Å². The van der Waals surface area contributed by atoms with E-state index in [2.05, 4.69) is 15.5 Å². The second kappa shape index (κ2) is 9.77. The number of guanidine groups is 1. The van der Waals surface area contributed by atoms with Gasteiger partial charge >= 0.3 is 0 Å². The summed E-state index contributed by atoms with van der Waals surface area (Å²) in [4.78, 5) is 6.22. The van der Waals surface area contributed by atoms with Crippen molar-refractivity contribution in [2.24, 2.45) is 4.99 Å². The average Bonchev–Trinajstić information content (AvgIpc) is 3.27. The van der Waals surface area contributed by atoms with Crippen LogP contribution in [0.2, 0.25) is 0 Å². The Balaban J connectivity index is 0.00000272. The second-order valence-corrected chi connectivity index (χ2v) is 9.38. The molecule has 8 nitrogen and oxygen atoms in total. The molecule has 0 amide bonds. The van der Waals surface area contributed by atoms with E-state index in [9.17, 15) is 17.2 Å². The van der Waals surface area contributed by atoms with Crippen LogP contribution >= 0.6 is 24.0 Å². The van der Waals surface area contributed by atoms with Crippen molar-refractivity contribution in [2.45, 2.75) is 24.1 Å². The van der Waals surface area contributed by atoms with E-state index in [4.69, 9.17) is 4.52 Å². The normalized spacial score (nSPS) is 22.2. The highest BCUT2D eigenvalue weighted by atomic mass is 127. The first kappa shape index (κ1) is 23.9. The number of nitrogens with one attached hydrogen (secondary N) is 1. The van der Waals surface area contributed by atoms with Crippen molar-refractivity contribution in [3.63, 3.8) is 0 Å². The zero-order valence-electron chi connectivity index (χ0n) is 16.9. The van der Waals surface area contributed by atoms with Gasteiger partial charge in [0.1, 0.15) is 23.7 Å². The zero-order chi connectivity index (χ0) is 21.3. The highest BCUT2D eigenvalue weighted by molar-refractivity contribution is 14.0. The van der Waals surface area contributed by atoms with Gasteiger partial charge in [-0.25, -0.2) is 17.2 Å². The first-order valence-corrected chi connectivity index (χ1v) is 11.3. The summed E-state index contributed by atoms with van der Waals surface area (Å²) >= 11 is 0. The van der Waals surface area contributed by atoms with Gasteiger partial charge in [-0.15, -0.1) is 24.0 Å². The Morgan fingerprint density at radius 2 is 1.90 bits per heavy atom. The van der Waals surface area contributed by atoms with E-state index in [1.807, 2.05) is 4.90 Å². The molecular formula is C19H24F2IN5O3S. The lowest BCUT2D eigenvalue weighted by atomic mass is 10.1. The number of sulfonamides is 1. The first-order valence-electron chi connectivity index (χ1n) is 9.68. The van der Waals surface area contributed by atoms with E-state index in [1.54, 1.807) is 7.05 Å². The Morgan fingerprint density at radius 3 is 2.48 bits per heavy atom. The third kappa shape index (κ3) is 5.34. The van der Waals surface area contributed by atoms with Crippen LogP contribution in [0.1, 0.15) is 23.6 Å². The monoisotopic (exact) mass is 567 g/mol. The van der Waals surface area contributed by atoms with Crippen molar-refractivity contribution in [1.82, 2.24) is 19.7 Å². The Bertz CT molecular complexity index is 1010. The van der Waals surface area contributed by atoms with Crippen molar-refractivity contribution < 1.29 is 21.7 Å². The minimum atomic E-state index is -3.49. The minimum Gasteiger partial charge on any atom is -0.364 e. The molecule has 170 valence electrons. The highest BCUT2D eigenvalue weighted by Crippen LogP contribution is 2.43. The molecular weight excluding hydrogens is 543 g/mol. The van der Waals surface area contributed by atoms with Gasteiger partial charge in [0.15, 0.2) is 5.96 Å². The number of nitrogens with zero attached hydrogens (tertiary/aromatic N) is 4. The van der Waals surface area contributed by atoms with Gasteiger partial charge in [-0.3, -0.25) is 4.99 Å². The summed E-state index contributed by atoms with van der Waals surface area (Å²) < 4.78 is 59.2. The number of halogens is 3. The standard InChI is InChI=1S/C19H23F2N5O3S.HI/c1-22-19(23-17-11-14(17)18-15(20)3-2-4-16(18)21)25-6-8-26(9-7-25)30(27,28)12-13-5-10-29-24-13;/h2-5,10,14,17H,6-9,11-12H2,1H3,(H,22,23);1H. The van der Waals surface area contributed by atoms with Crippen molar-refractivity contribution in [1.29, 1.82) is 0 Å². The van der Waals surface area contributed by atoms with Gasteiger partial charge in [-0.1, -0.05) is 11.2 Å². The predicted molar refractivity (Wildman–Crippen MR) is 122 cm³/mol. The SMILES string of the molecule is CN=C(NC1CC1c1c(F)cccc1F)N1CCN(S(=O)(=O)Cc2ccon2)CC1.I.